The van der Waals surface area contributed by atoms with Crippen LogP contribution < -0.4 is 11.5 Å². The van der Waals surface area contributed by atoms with Crippen molar-refractivity contribution in [2.75, 3.05) is 6.54 Å². The third-order valence-electron chi connectivity index (χ3n) is 4.70. The number of nitrogens with two attached hydrogens (primary N) is 2. The quantitative estimate of drug-likeness (QED) is 0.765. The highest BCUT2D eigenvalue weighted by atomic mass is 16.5. The Balaban J connectivity index is 2.05. The van der Waals surface area contributed by atoms with Crippen molar-refractivity contribution in [2.45, 2.75) is 39.5 Å². The molecule has 2 heterocycles. The maximum Gasteiger partial charge on any atom is 0.210 e. The van der Waals surface area contributed by atoms with Crippen LogP contribution in [-0.2, 0) is 4.74 Å². The number of benzene rings is 1. The molecule has 1 aromatic heterocycles. The number of hydrogen-bond donors (Lipinski definition) is 2. The topological polar surface area (TPSA) is 91.5 Å². The van der Waals surface area contributed by atoms with Crippen molar-refractivity contribution >= 4 is 5.71 Å². The maximum absolute atomic E-state index is 6.40. The van der Waals surface area contributed by atoms with E-state index in [1.807, 2.05) is 24.6 Å². The van der Waals surface area contributed by atoms with Crippen molar-refractivity contribution in [3.8, 4) is 5.69 Å². The van der Waals surface area contributed by atoms with Crippen LogP contribution in [0.25, 0.3) is 5.69 Å². The van der Waals surface area contributed by atoms with Gasteiger partial charge in [0, 0.05) is 35.9 Å². The molecule has 142 valence electrons. The number of hydrogen-bond acceptors (Lipinski definition) is 5. The molecule has 6 nitrogen and oxygen atoms in total. The van der Waals surface area contributed by atoms with E-state index in [1.165, 1.54) is 0 Å². The van der Waals surface area contributed by atoms with Gasteiger partial charge in [-0.3, -0.25) is 4.99 Å². The molecule has 2 aromatic rings. The van der Waals surface area contributed by atoms with Gasteiger partial charge >= 0.3 is 0 Å². The van der Waals surface area contributed by atoms with Crippen LogP contribution in [0.3, 0.4) is 0 Å². The molecule has 0 aliphatic carbocycles. The van der Waals surface area contributed by atoms with Gasteiger partial charge in [0.15, 0.2) is 0 Å². The van der Waals surface area contributed by atoms with Gasteiger partial charge in [-0.1, -0.05) is 25.5 Å². The van der Waals surface area contributed by atoms with Crippen LogP contribution in [0.1, 0.15) is 45.1 Å². The van der Waals surface area contributed by atoms with E-state index < -0.39 is 0 Å². The maximum atomic E-state index is 6.40. The second-order valence-corrected chi connectivity index (χ2v) is 6.56. The number of nitrogens with zero attached hydrogens (tertiary/aromatic N) is 3. The number of ether oxygens (including phenoxy) is 1. The molecule has 0 fully saturated rings. The minimum Gasteiger partial charge on any atom is -0.444 e. The van der Waals surface area contributed by atoms with Crippen molar-refractivity contribution in [1.82, 2.24) is 9.55 Å². The molecule has 0 amide bonds. The third-order valence-corrected chi connectivity index (χ3v) is 4.70. The zero-order valence-electron chi connectivity index (χ0n) is 16.1. The Bertz CT molecular complexity index is 876. The number of imidazole rings is 1. The average Bonchev–Trinajstić information content (AvgIpc) is 3.19. The van der Waals surface area contributed by atoms with E-state index in [0.29, 0.717) is 5.70 Å². The summed E-state index contributed by atoms with van der Waals surface area (Å²) in [5.41, 5.74) is 17.2. The van der Waals surface area contributed by atoms with Gasteiger partial charge in [-0.05, 0) is 38.0 Å². The lowest BCUT2D eigenvalue weighted by Crippen LogP contribution is -2.28. The van der Waals surface area contributed by atoms with E-state index in [-0.39, 0.29) is 11.8 Å². The van der Waals surface area contributed by atoms with E-state index in [0.717, 1.165) is 47.7 Å². The van der Waals surface area contributed by atoms with Crippen LogP contribution in [0.4, 0.5) is 0 Å². The summed E-state index contributed by atoms with van der Waals surface area (Å²) in [4.78, 5) is 8.83. The Labute approximate surface area is 160 Å². The highest BCUT2D eigenvalue weighted by Crippen LogP contribution is 2.38. The van der Waals surface area contributed by atoms with E-state index in [2.05, 4.69) is 36.2 Å². The number of aliphatic imine (C=N–C) groups is 1. The Morgan fingerprint density at radius 2 is 1.96 bits per heavy atom. The van der Waals surface area contributed by atoms with Crippen molar-refractivity contribution in [2.24, 2.45) is 16.5 Å². The van der Waals surface area contributed by atoms with Crippen LogP contribution in [0.5, 0.6) is 0 Å². The summed E-state index contributed by atoms with van der Waals surface area (Å²) in [5.74, 6) is 0.880. The highest BCUT2D eigenvalue weighted by molar-refractivity contribution is 6.02. The van der Waals surface area contributed by atoms with Gasteiger partial charge in [0.1, 0.15) is 5.76 Å². The predicted molar refractivity (Wildman–Crippen MR) is 108 cm³/mol. The largest absolute Gasteiger partial charge is 0.444 e. The second kappa shape index (κ2) is 8.12. The van der Waals surface area contributed by atoms with Crippen LogP contribution >= 0.6 is 0 Å². The fourth-order valence-electron chi connectivity index (χ4n) is 3.47. The van der Waals surface area contributed by atoms with Crippen LogP contribution in [0, 0.1) is 0 Å². The van der Waals surface area contributed by atoms with E-state index in [1.54, 1.807) is 12.5 Å². The van der Waals surface area contributed by atoms with Crippen molar-refractivity contribution in [1.29, 1.82) is 0 Å². The molecule has 3 rings (SSSR count). The number of aromatic nitrogens is 2. The van der Waals surface area contributed by atoms with Gasteiger partial charge < -0.3 is 20.8 Å². The van der Waals surface area contributed by atoms with Crippen LogP contribution in [0.2, 0.25) is 0 Å². The van der Waals surface area contributed by atoms with Gasteiger partial charge in [0.2, 0.25) is 5.88 Å². The monoisotopic (exact) mass is 365 g/mol. The summed E-state index contributed by atoms with van der Waals surface area (Å²) in [6.07, 6.45) is 7.33. The first-order valence-corrected chi connectivity index (χ1v) is 9.32. The molecule has 0 saturated carbocycles. The Hall–Kier alpha value is -3.02. The lowest BCUT2D eigenvalue weighted by atomic mass is 9.82. The van der Waals surface area contributed by atoms with Crippen LogP contribution in [-0.4, -0.2) is 21.8 Å². The first-order valence-electron chi connectivity index (χ1n) is 9.32. The summed E-state index contributed by atoms with van der Waals surface area (Å²) in [7, 11) is 0. The molecule has 0 saturated heterocycles. The molecule has 1 unspecified atom stereocenters. The lowest BCUT2D eigenvalue weighted by molar-refractivity contribution is 0.280. The number of rotatable bonds is 6. The Kier molecular flexibility index (Phi) is 5.64. The Morgan fingerprint density at radius 1 is 1.22 bits per heavy atom. The standard InChI is InChI=1S/C21H27N5O/c1-4-6-17(25-5-2)18-14(3)27-21(23)20(22)19(18)15-7-9-16(10-8-15)26-12-11-24-13-26/h7-13,19H,4-6,22-23H2,1-3H3. The fraction of sp³-hybridized carbons (Fsp3) is 0.333. The van der Waals surface area contributed by atoms with Gasteiger partial charge in [0.25, 0.3) is 0 Å². The molecular formula is C21H27N5O. The first-order chi connectivity index (χ1) is 13.1. The van der Waals surface area contributed by atoms with E-state index in [9.17, 15) is 0 Å². The molecule has 4 N–H and O–H groups in total. The molecule has 1 atom stereocenters. The zero-order valence-corrected chi connectivity index (χ0v) is 16.1. The lowest BCUT2D eigenvalue weighted by Gasteiger charge is -2.30. The first kappa shape index (κ1) is 18.8. The minimum atomic E-state index is -0.160. The second-order valence-electron chi connectivity index (χ2n) is 6.56. The smallest absolute Gasteiger partial charge is 0.210 e. The molecule has 1 aromatic carbocycles. The number of allylic oxidation sites excluding steroid dienone is 2. The molecule has 6 heteroatoms. The predicted octanol–water partition coefficient (Wildman–Crippen LogP) is 3.61. The molecule has 1 aliphatic heterocycles. The molecule has 1 aliphatic rings. The van der Waals surface area contributed by atoms with Crippen molar-refractivity contribution < 1.29 is 4.74 Å². The van der Waals surface area contributed by atoms with Crippen molar-refractivity contribution in [3.63, 3.8) is 0 Å². The molecule has 0 bridgehead atoms. The molecule has 0 spiro atoms. The molecular weight excluding hydrogens is 338 g/mol. The summed E-state index contributed by atoms with van der Waals surface area (Å²) in [6, 6.07) is 8.27. The summed E-state index contributed by atoms with van der Waals surface area (Å²) < 4.78 is 7.70. The van der Waals surface area contributed by atoms with Crippen LogP contribution in [0.15, 0.2) is 70.9 Å². The SMILES string of the molecule is CCCC(=NCC)C1=C(C)OC(N)=C(N)C1c1ccc(-n2ccnc2)cc1. The average molecular weight is 365 g/mol. The molecule has 27 heavy (non-hydrogen) atoms. The minimum absolute atomic E-state index is 0.160. The highest BCUT2D eigenvalue weighted by Gasteiger charge is 2.32. The summed E-state index contributed by atoms with van der Waals surface area (Å²) >= 11 is 0. The summed E-state index contributed by atoms with van der Waals surface area (Å²) in [6.45, 7) is 6.84. The van der Waals surface area contributed by atoms with E-state index in [4.69, 9.17) is 21.2 Å². The third kappa shape index (κ3) is 3.74. The molecule has 0 radical (unpaired) electrons. The normalized spacial score (nSPS) is 18.0. The van der Waals surface area contributed by atoms with Gasteiger partial charge in [-0.25, -0.2) is 4.98 Å². The van der Waals surface area contributed by atoms with Gasteiger partial charge in [-0.2, -0.15) is 0 Å². The summed E-state index contributed by atoms with van der Waals surface area (Å²) in [5, 5.41) is 0. The van der Waals surface area contributed by atoms with Gasteiger partial charge in [-0.15, -0.1) is 0 Å². The van der Waals surface area contributed by atoms with Crippen molar-refractivity contribution in [3.05, 3.63) is 71.5 Å². The van der Waals surface area contributed by atoms with Gasteiger partial charge in [0.05, 0.1) is 17.9 Å². The van der Waals surface area contributed by atoms with E-state index >= 15 is 0 Å². The zero-order chi connectivity index (χ0) is 19.4. The Morgan fingerprint density at radius 3 is 2.56 bits per heavy atom. The fourth-order valence-corrected chi connectivity index (χ4v) is 3.47.